The Morgan fingerprint density at radius 1 is 1.17 bits per heavy atom. The van der Waals surface area contributed by atoms with Crippen LogP contribution in [0.25, 0.3) is 21.3 Å². The first-order valence-corrected chi connectivity index (χ1v) is 11.8. The summed E-state index contributed by atoms with van der Waals surface area (Å²) in [4.78, 5) is 25.4. The van der Waals surface area contributed by atoms with E-state index in [0.717, 1.165) is 39.3 Å². The van der Waals surface area contributed by atoms with E-state index in [2.05, 4.69) is 51.5 Å². The highest BCUT2D eigenvalue weighted by Crippen LogP contribution is 2.38. The van der Waals surface area contributed by atoms with E-state index in [4.69, 9.17) is 4.74 Å². The molecule has 154 valence electrons. The summed E-state index contributed by atoms with van der Waals surface area (Å²) in [7, 11) is 0. The summed E-state index contributed by atoms with van der Waals surface area (Å²) in [6.07, 6.45) is 5.14. The zero-order chi connectivity index (χ0) is 20.9. The van der Waals surface area contributed by atoms with Crippen molar-refractivity contribution >= 4 is 33.3 Å². The summed E-state index contributed by atoms with van der Waals surface area (Å²) in [5.74, 6) is 0.977. The first-order valence-electron chi connectivity index (χ1n) is 9.98. The molecule has 7 heteroatoms. The lowest BCUT2D eigenvalue weighted by molar-refractivity contribution is 0.313. The second-order valence-electron chi connectivity index (χ2n) is 6.88. The van der Waals surface area contributed by atoms with Crippen molar-refractivity contribution in [3.05, 3.63) is 69.7 Å². The number of pyridine rings is 1. The molecule has 4 aromatic rings. The third-order valence-electron chi connectivity index (χ3n) is 4.77. The Bertz CT molecular complexity index is 1200. The third-order valence-corrected chi connectivity index (χ3v) is 6.70. The molecule has 1 N–H and O–H groups in total. The van der Waals surface area contributed by atoms with Crippen LogP contribution in [0.1, 0.15) is 31.5 Å². The van der Waals surface area contributed by atoms with Crippen molar-refractivity contribution in [2.75, 3.05) is 6.61 Å². The number of rotatable bonds is 8. The van der Waals surface area contributed by atoms with Crippen LogP contribution in [0.4, 0.5) is 0 Å². The van der Waals surface area contributed by atoms with Gasteiger partial charge in [0.25, 0.3) is 0 Å². The SMILES string of the molecule is CCCOc1c[nH]c(CSc2ncnc3scc(-c4ccc(CC)cc4)c23)cc1=O. The maximum absolute atomic E-state index is 12.2. The molecule has 0 fully saturated rings. The molecule has 3 heterocycles. The summed E-state index contributed by atoms with van der Waals surface area (Å²) < 4.78 is 5.46. The number of nitrogens with one attached hydrogen (secondary N) is 1. The van der Waals surface area contributed by atoms with Crippen molar-refractivity contribution in [2.24, 2.45) is 0 Å². The van der Waals surface area contributed by atoms with E-state index >= 15 is 0 Å². The van der Waals surface area contributed by atoms with E-state index < -0.39 is 0 Å². The molecule has 0 saturated carbocycles. The number of aromatic amines is 1. The van der Waals surface area contributed by atoms with E-state index in [9.17, 15) is 4.79 Å². The van der Waals surface area contributed by atoms with Crippen LogP contribution in [-0.4, -0.2) is 21.6 Å². The van der Waals surface area contributed by atoms with Crippen molar-refractivity contribution in [3.63, 3.8) is 0 Å². The van der Waals surface area contributed by atoms with Gasteiger partial charge in [0, 0.05) is 34.7 Å². The number of hydrogen-bond acceptors (Lipinski definition) is 6. The highest BCUT2D eigenvalue weighted by molar-refractivity contribution is 7.98. The van der Waals surface area contributed by atoms with Gasteiger partial charge in [-0.05, 0) is 24.0 Å². The van der Waals surface area contributed by atoms with E-state index in [1.54, 1.807) is 41.7 Å². The Hall–Kier alpha value is -2.64. The summed E-state index contributed by atoms with van der Waals surface area (Å²) in [6.45, 7) is 4.71. The Kier molecular flexibility index (Phi) is 6.50. The fraction of sp³-hybridized carbons (Fsp3) is 0.261. The Balaban J connectivity index is 1.59. The lowest BCUT2D eigenvalue weighted by Crippen LogP contribution is -2.09. The van der Waals surface area contributed by atoms with Gasteiger partial charge in [-0.1, -0.05) is 49.9 Å². The first kappa shape index (κ1) is 20.6. The summed E-state index contributed by atoms with van der Waals surface area (Å²) in [5.41, 5.74) is 4.38. The van der Waals surface area contributed by atoms with Crippen LogP contribution < -0.4 is 10.2 Å². The van der Waals surface area contributed by atoms with Gasteiger partial charge in [0.15, 0.2) is 5.75 Å². The lowest BCUT2D eigenvalue weighted by atomic mass is 10.0. The van der Waals surface area contributed by atoms with Crippen molar-refractivity contribution in [2.45, 2.75) is 37.5 Å². The zero-order valence-electron chi connectivity index (χ0n) is 17.0. The molecule has 0 aliphatic rings. The standard InChI is InChI=1S/C23H23N3O2S2/c1-3-9-28-20-11-24-17(10-19(20)27)12-29-22-21-18(13-30-23(21)26-14-25-22)16-7-5-15(4-2)6-8-16/h5-8,10-11,13-14H,3-4,9,12H2,1-2H3,(H,24,27). The largest absolute Gasteiger partial charge is 0.488 e. The minimum atomic E-state index is -0.0992. The van der Waals surface area contributed by atoms with Crippen LogP contribution in [0.3, 0.4) is 0 Å². The smallest absolute Gasteiger partial charge is 0.223 e. The molecule has 0 aliphatic carbocycles. The molecule has 5 nitrogen and oxygen atoms in total. The molecule has 1 aromatic carbocycles. The maximum atomic E-state index is 12.2. The van der Waals surface area contributed by atoms with Gasteiger partial charge in [0.05, 0.1) is 12.0 Å². The zero-order valence-corrected chi connectivity index (χ0v) is 18.6. The molecule has 3 aromatic heterocycles. The van der Waals surface area contributed by atoms with E-state index in [-0.39, 0.29) is 5.43 Å². The fourth-order valence-electron chi connectivity index (χ4n) is 3.14. The van der Waals surface area contributed by atoms with Gasteiger partial charge in [-0.2, -0.15) is 0 Å². The van der Waals surface area contributed by atoms with Gasteiger partial charge < -0.3 is 9.72 Å². The van der Waals surface area contributed by atoms with Crippen LogP contribution in [0.2, 0.25) is 0 Å². The maximum Gasteiger partial charge on any atom is 0.223 e. The van der Waals surface area contributed by atoms with Crippen molar-refractivity contribution in [1.29, 1.82) is 0 Å². The highest BCUT2D eigenvalue weighted by atomic mass is 32.2. The van der Waals surface area contributed by atoms with Gasteiger partial charge in [0.2, 0.25) is 5.43 Å². The Morgan fingerprint density at radius 3 is 2.73 bits per heavy atom. The molecule has 0 spiro atoms. The number of thiophene rings is 1. The monoisotopic (exact) mass is 437 g/mol. The molecular weight excluding hydrogens is 414 g/mol. The van der Waals surface area contributed by atoms with Crippen LogP contribution in [0, 0.1) is 0 Å². The predicted octanol–water partition coefficient (Wildman–Crippen LogP) is 5.69. The van der Waals surface area contributed by atoms with Crippen molar-refractivity contribution < 1.29 is 4.74 Å². The summed E-state index contributed by atoms with van der Waals surface area (Å²) >= 11 is 3.23. The molecule has 0 unspecified atom stereocenters. The number of ether oxygens (including phenoxy) is 1. The number of thioether (sulfide) groups is 1. The van der Waals surface area contributed by atoms with Gasteiger partial charge in [0.1, 0.15) is 16.2 Å². The van der Waals surface area contributed by atoms with Crippen LogP contribution >= 0.6 is 23.1 Å². The number of aromatic nitrogens is 3. The Morgan fingerprint density at radius 2 is 2.00 bits per heavy atom. The second-order valence-corrected chi connectivity index (χ2v) is 8.70. The third kappa shape index (κ3) is 4.42. The minimum absolute atomic E-state index is 0.0992. The molecule has 0 aliphatic heterocycles. The van der Waals surface area contributed by atoms with Gasteiger partial charge in [-0.3, -0.25) is 4.79 Å². The number of hydrogen-bond donors (Lipinski definition) is 1. The van der Waals surface area contributed by atoms with Crippen LogP contribution in [0.5, 0.6) is 5.75 Å². The highest BCUT2D eigenvalue weighted by Gasteiger charge is 2.14. The normalized spacial score (nSPS) is 11.1. The summed E-state index contributed by atoms with van der Waals surface area (Å²) in [5, 5.41) is 4.14. The molecule has 4 rings (SSSR count). The topological polar surface area (TPSA) is 67.9 Å². The van der Waals surface area contributed by atoms with Gasteiger partial charge >= 0.3 is 0 Å². The molecular formula is C23H23N3O2S2. The van der Waals surface area contributed by atoms with Gasteiger partial charge in [-0.25, -0.2) is 9.97 Å². The molecule has 0 bridgehead atoms. The molecule has 0 atom stereocenters. The average Bonchev–Trinajstić information content (AvgIpc) is 3.22. The summed E-state index contributed by atoms with van der Waals surface area (Å²) in [6, 6.07) is 10.3. The van der Waals surface area contributed by atoms with E-state index in [1.807, 2.05) is 6.92 Å². The number of aryl methyl sites for hydroxylation is 1. The van der Waals surface area contributed by atoms with Crippen LogP contribution in [0.15, 0.2) is 58.1 Å². The van der Waals surface area contributed by atoms with Crippen molar-refractivity contribution in [3.8, 4) is 16.9 Å². The fourth-order valence-corrected chi connectivity index (χ4v) is 5.06. The second kappa shape index (κ2) is 9.45. The van der Waals surface area contributed by atoms with E-state index in [0.29, 0.717) is 18.1 Å². The quantitative estimate of drug-likeness (QED) is 0.283. The average molecular weight is 438 g/mol. The molecule has 0 saturated heterocycles. The molecule has 0 amide bonds. The lowest BCUT2D eigenvalue weighted by Gasteiger charge is -2.07. The van der Waals surface area contributed by atoms with Crippen LogP contribution in [-0.2, 0) is 12.2 Å². The van der Waals surface area contributed by atoms with Gasteiger partial charge in [-0.15, -0.1) is 11.3 Å². The van der Waals surface area contributed by atoms with Crippen molar-refractivity contribution in [1.82, 2.24) is 15.0 Å². The van der Waals surface area contributed by atoms with E-state index in [1.165, 1.54) is 11.1 Å². The number of fused-ring (bicyclic) bond motifs is 1. The Labute approximate surface area is 183 Å². The number of H-pyrrole nitrogens is 1. The molecule has 0 radical (unpaired) electrons. The first-order chi connectivity index (χ1) is 14.7. The number of benzene rings is 1. The predicted molar refractivity (Wildman–Crippen MR) is 125 cm³/mol. The number of nitrogens with zero attached hydrogens (tertiary/aromatic N) is 2. The molecule has 30 heavy (non-hydrogen) atoms. The minimum Gasteiger partial charge on any atom is -0.488 e.